The molecule has 1 saturated heterocycles. The zero-order valence-corrected chi connectivity index (χ0v) is 14.5. The van der Waals surface area contributed by atoms with E-state index in [9.17, 15) is 4.79 Å². The third kappa shape index (κ3) is 3.13. The number of carbonyl (C=O) groups excluding carboxylic acids is 1. The second-order valence-corrected chi connectivity index (χ2v) is 6.12. The van der Waals surface area contributed by atoms with Crippen LogP contribution in [0.1, 0.15) is 12.6 Å². The van der Waals surface area contributed by atoms with Crippen LogP contribution in [0.25, 0.3) is 11.5 Å². The van der Waals surface area contributed by atoms with E-state index in [1.54, 1.807) is 11.1 Å². The smallest absolute Gasteiger partial charge is 0.251 e. The van der Waals surface area contributed by atoms with E-state index in [4.69, 9.17) is 0 Å². The fourth-order valence-corrected chi connectivity index (χ4v) is 2.91. The van der Waals surface area contributed by atoms with E-state index >= 15 is 0 Å². The van der Waals surface area contributed by atoms with Gasteiger partial charge in [0.25, 0.3) is 5.91 Å². The van der Waals surface area contributed by atoms with Crippen LogP contribution in [0.3, 0.4) is 0 Å². The number of amides is 1. The number of carbonyl (C=O) groups is 1. The number of hydrogen-bond donors (Lipinski definition) is 1. The number of para-hydroxylation sites is 1. The molecule has 1 aliphatic rings. The molecule has 4 rings (SSSR count). The van der Waals surface area contributed by atoms with Gasteiger partial charge in [0.05, 0.1) is 6.54 Å². The van der Waals surface area contributed by atoms with Crippen molar-refractivity contribution in [3.8, 4) is 11.5 Å². The number of pyridine rings is 1. The zero-order valence-electron chi connectivity index (χ0n) is 14.5. The summed E-state index contributed by atoms with van der Waals surface area (Å²) < 4.78 is 0. The Bertz CT molecular complexity index is 914. The van der Waals surface area contributed by atoms with Gasteiger partial charge in [0.15, 0.2) is 5.82 Å². The molecule has 130 valence electrons. The first-order valence-electron chi connectivity index (χ1n) is 8.67. The normalized spacial score (nSPS) is 16.3. The van der Waals surface area contributed by atoms with Gasteiger partial charge < -0.3 is 10.2 Å². The summed E-state index contributed by atoms with van der Waals surface area (Å²) in [5.74, 6) is 1.27. The maximum Gasteiger partial charge on any atom is 0.251 e. The molecule has 6 heteroatoms. The van der Waals surface area contributed by atoms with Gasteiger partial charge in [0.2, 0.25) is 0 Å². The van der Waals surface area contributed by atoms with Crippen LogP contribution in [0.15, 0.2) is 60.8 Å². The minimum absolute atomic E-state index is 0.0484. The Balaban J connectivity index is 1.53. The Morgan fingerprint density at radius 2 is 1.92 bits per heavy atom. The molecule has 1 aromatic carbocycles. The lowest BCUT2D eigenvalue weighted by Gasteiger charge is -2.38. The van der Waals surface area contributed by atoms with Crippen LogP contribution in [0.5, 0.6) is 0 Å². The van der Waals surface area contributed by atoms with Gasteiger partial charge in [0.1, 0.15) is 17.6 Å². The lowest BCUT2D eigenvalue weighted by molar-refractivity contribution is -0.123. The maximum absolute atomic E-state index is 12.5. The molecule has 1 N–H and O–H groups in total. The van der Waals surface area contributed by atoms with Crippen LogP contribution in [0, 0.1) is 0 Å². The van der Waals surface area contributed by atoms with Gasteiger partial charge in [-0.2, -0.15) is 0 Å². The molecule has 0 radical (unpaired) electrons. The molecule has 0 unspecified atom stereocenters. The Morgan fingerprint density at radius 3 is 2.62 bits per heavy atom. The number of hydrogen-bond acceptors (Lipinski definition) is 5. The standard InChI is InChI=1S/C20H19N5O/c1-2-14-12-18(24-19(22-14)16-10-6-7-11-21-16)23-17-13-25(20(17)26)15-8-4-3-5-9-15/h3-12,17H,2,13H2,1H3,(H,22,23,24)/t17-/m0/s1. The van der Waals surface area contributed by atoms with Crippen molar-refractivity contribution in [3.63, 3.8) is 0 Å². The number of nitrogens with one attached hydrogen (secondary N) is 1. The predicted molar refractivity (Wildman–Crippen MR) is 101 cm³/mol. The summed E-state index contributed by atoms with van der Waals surface area (Å²) in [6, 6.07) is 16.9. The van der Waals surface area contributed by atoms with Gasteiger partial charge in [0, 0.05) is 23.6 Å². The molecule has 0 spiro atoms. The van der Waals surface area contributed by atoms with E-state index in [1.807, 2.05) is 61.5 Å². The summed E-state index contributed by atoms with van der Waals surface area (Å²) in [5.41, 5.74) is 2.55. The van der Waals surface area contributed by atoms with Crippen molar-refractivity contribution in [2.24, 2.45) is 0 Å². The van der Waals surface area contributed by atoms with Crippen molar-refractivity contribution in [2.75, 3.05) is 16.8 Å². The quantitative estimate of drug-likeness (QED) is 0.720. The number of benzene rings is 1. The van der Waals surface area contributed by atoms with Crippen LogP contribution in [0.4, 0.5) is 11.5 Å². The van der Waals surface area contributed by atoms with Gasteiger partial charge in [-0.25, -0.2) is 9.97 Å². The Kier molecular flexibility index (Phi) is 4.31. The predicted octanol–water partition coefficient (Wildman–Crippen LogP) is 2.93. The molecule has 2 aromatic heterocycles. The fourth-order valence-electron chi connectivity index (χ4n) is 2.91. The highest BCUT2D eigenvalue weighted by Crippen LogP contribution is 2.24. The summed E-state index contributed by atoms with van der Waals surface area (Å²) in [6.45, 7) is 2.66. The molecule has 3 heterocycles. The molecule has 1 amide bonds. The van der Waals surface area contributed by atoms with Crippen molar-refractivity contribution >= 4 is 17.4 Å². The van der Waals surface area contributed by atoms with Gasteiger partial charge in [-0.15, -0.1) is 0 Å². The van der Waals surface area contributed by atoms with Crippen LogP contribution >= 0.6 is 0 Å². The molecule has 1 atom stereocenters. The lowest BCUT2D eigenvalue weighted by atomic mass is 10.1. The molecule has 1 fully saturated rings. The third-order valence-corrected chi connectivity index (χ3v) is 4.35. The van der Waals surface area contributed by atoms with Crippen molar-refractivity contribution in [1.29, 1.82) is 0 Å². The van der Waals surface area contributed by atoms with Crippen LogP contribution in [-0.2, 0) is 11.2 Å². The first-order chi connectivity index (χ1) is 12.7. The molecule has 26 heavy (non-hydrogen) atoms. The number of rotatable bonds is 5. The highest BCUT2D eigenvalue weighted by Gasteiger charge is 2.37. The maximum atomic E-state index is 12.5. The Hall–Kier alpha value is -3.28. The van der Waals surface area contributed by atoms with E-state index in [2.05, 4.69) is 20.3 Å². The third-order valence-electron chi connectivity index (χ3n) is 4.35. The number of anilines is 2. The fraction of sp³-hybridized carbons (Fsp3) is 0.200. The Morgan fingerprint density at radius 1 is 1.12 bits per heavy atom. The highest BCUT2D eigenvalue weighted by atomic mass is 16.2. The SMILES string of the molecule is CCc1cc(N[C@H]2CN(c3ccccc3)C2=O)nc(-c2ccccn2)n1. The average Bonchev–Trinajstić information content (AvgIpc) is 2.71. The molecule has 3 aromatic rings. The summed E-state index contributed by atoms with van der Waals surface area (Å²) in [5, 5.41) is 3.24. The van der Waals surface area contributed by atoms with Crippen molar-refractivity contribution in [1.82, 2.24) is 15.0 Å². The topological polar surface area (TPSA) is 71.0 Å². The largest absolute Gasteiger partial charge is 0.357 e. The second-order valence-electron chi connectivity index (χ2n) is 6.12. The van der Waals surface area contributed by atoms with Crippen LogP contribution < -0.4 is 10.2 Å². The van der Waals surface area contributed by atoms with E-state index in [-0.39, 0.29) is 11.9 Å². The number of aromatic nitrogens is 3. The summed E-state index contributed by atoms with van der Waals surface area (Å²) in [7, 11) is 0. The molecule has 1 aliphatic heterocycles. The van der Waals surface area contributed by atoms with E-state index in [0.717, 1.165) is 23.5 Å². The van der Waals surface area contributed by atoms with E-state index in [1.165, 1.54) is 0 Å². The minimum Gasteiger partial charge on any atom is -0.357 e. The highest BCUT2D eigenvalue weighted by molar-refractivity contribution is 6.05. The van der Waals surface area contributed by atoms with Crippen molar-refractivity contribution < 1.29 is 4.79 Å². The van der Waals surface area contributed by atoms with Gasteiger partial charge >= 0.3 is 0 Å². The van der Waals surface area contributed by atoms with Crippen molar-refractivity contribution in [2.45, 2.75) is 19.4 Å². The average molecular weight is 345 g/mol. The lowest BCUT2D eigenvalue weighted by Crippen LogP contribution is -2.60. The minimum atomic E-state index is -0.272. The second kappa shape index (κ2) is 6.92. The molecule has 0 aliphatic carbocycles. The summed E-state index contributed by atoms with van der Waals surface area (Å²) >= 11 is 0. The van der Waals surface area contributed by atoms with E-state index < -0.39 is 0 Å². The van der Waals surface area contributed by atoms with Crippen molar-refractivity contribution in [3.05, 3.63) is 66.5 Å². The summed E-state index contributed by atoms with van der Waals surface area (Å²) in [4.78, 5) is 27.7. The number of β-lactam (4-membered cyclic amide) rings is 1. The zero-order chi connectivity index (χ0) is 17.9. The van der Waals surface area contributed by atoms with E-state index in [0.29, 0.717) is 18.2 Å². The van der Waals surface area contributed by atoms with Gasteiger partial charge in [-0.1, -0.05) is 31.2 Å². The van der Waals surface area contributed by atoms with Gasteiger partial charge in [-0.05, 0) is 30.7 Å². The summed E-state index contributed by atoms with van der Waals surface area (Å²) in [6.07, 6.45) is 2.50. The first-order valence-corrected chi connectivity index (χ1v) is 8.67. The first kappa shape index (κ1) is 16.2. The number of nitrogens with zero attached hydrogens (tertiary/aromatic N) is 4. The van der Waals surface area contributed by atoms with Crippen LogP contribution in [0.2, 0.25) is 0 Å². The Labute approximate surface area is 151 Å². The number of aryl methyl sites for hydroxylation is 1. The molecule has 0 bridgehead atoms. The molecule has 0 saturated carbocycles. The monoisotopic (exact) mass is 345 g/mol. The molecule has 6 nitrogen and oxygen atoms in total. The molecular weight excluding hydrogens is 326 g/mol. The molecular formula is C20H19N5O. The van der Waals surface area contributed by atoms with Gasteiger partial charge in [-0.3, -0.25) is 9.78 Å². The van der Waals surface area contributed by atoms with Crippen LogP contribution in [-0.4, -0.2) is 33.4 Å².